The Labute approximate surface area is 130 Å². The first-order chi connectivity index (χ1) is 10.6. The Morgan fingerprint density at radius 1 is 1.18 bits per heavy atom. The van der Waals surface area contributed by atoms with Crippen LogP contribution in [0.25, 0.3) is 0 Å². The van der Waals surface area contributed by atoms with Crippen LogP contribution >= 0.6 is 0 Å². The lowest BCUT2D eigenvalue weighted by molar-refractivity contribution is -0.143. The zero-order chi connectivity index (χ0) is 15.9. The molecule has 0 heterocycles. The Balaban J connectivity index is 1.95. The van der Waals surface area contributed by atoms with E-state index in [1.165, 1.54) is 0 Å². The average molecular weight is 305 g/mol. The van der Waals surface area contributed by atoms with E-state index in [0.29, 0.717) is 18.6 Å². The van der Waals surface area contributed by atoms with Crippen LogP contribution < -0.4 is 10.1 Å². The first kappa shape index (κ1) is 16.3. The highest BCUT2D eigenvalue weighted by molar-refractivity contribution is 5.82. The van der Waals surface area contributed by atoms with Gasteiger partial charge < -0.3 is 15.2 Å². The van der Waals surface area contributed by atoms with Crippen LogP contribution in [0.3, 0.4) is 0 Å². The normalized spacial score (nSPS) is 23.1. The molecule has 1 unspecified atom stereocenters. The van der Waals surface area contributed by atoms with Gasteiger partial charge in [0.25, 0.3) is 5.91 Å². The number of ether oxygens (including phenoxy) is 1. The van der Waals surface area contributed by atoms with Gasteiger partial charge in [0.1, 0.15) is 5.75 Å². The summed E-state index contributed by atoms with van der Waals surface area (Å²) in [5.74, 6) is -0.970. The highest BCUT2D eigenvalue weighted by Gasteiger charge is 2.31. The van der Waals surface area contributed by atoms with Crippen LogP contribution in [0.5, 0.6) is 5.75 Å². The molecule has 22 heavy (non-hydrogen) atoms. The summed E-state index contributed by atoms with van der Waals surface area (Å²) in [7, 11) is 0. The molecule has 2 N–H and O–H groups in total. The largest absolute Gasteiger partial charge is 0.481 e. The van der Waals surface area contributed by atoms with Gasteiger partial charge in [-0.15, -0.1) is 0 Å². The molecule has 0 bridgehead atoms. The second-order valence-electron chi connectivity index (χ2n) is 5.77. The van der Waals surface area contributed by atoms with Crippen LogP contribution in [-0.2, 0) is 9.59 Å². The summed E-state index contributed by atoms with van der Waals surface area (Å²) in [5, 5.41) is 12.2. The molecule has 0 aromatic heterocycles. The van der Waals surface area contributed by atoms with Crippen LogP contribution in [0.1, 0.15) is 39.0 Å². The van der Waals surface area contributed by atoms with Gasteiger partial charge in [-0.2, -0.15) is 0 Å². The minimum atomic E-state index is -0.830. The summed E-state index contributed by atoms with van der Waals surface area (Å²) >= 11 is 0. The molecule has 3 atom stereocenters. The van der Waals surface area contributed by atoms with Crippen molar-refractivity contribution in [1.82, 2.24) is 5.32 Å². The third-order valence-electron chi connectivity index (χ3n) is 4.09. The van der Waals surface area contributed by atoms with E-state index < -0.39 is 18.0 Å². The van der Waals surface area contributed by atoms with E-state index in [1.807, 2.05) is 18.2 Å². The molecule has 0 saturated heterocycles. The number of nitrogens with one attached hydrogen (secondary N) is 1. The SMILES string of the molecule is CC(Oc1ccccc1)C(=O)N[C@H]1CCCCC[C@H]1C(=O)O. The predicted octanol–water partition coefficient (Wildman–Crippen LogP) is 2.60. The lowest BCUT2D eigenvalue weighted by atomic mass is 9.94. The molecule has 0 spiro atoms. The minimum Gasteiger partial charge on any atom is -0.481 e. The van der Waals surface area contributed by atoms with Crippen molar-refractivity contribution in [3.05, 3.63) is 30.3 Å². The maximum Gasteiger partial charge on any atom is 0.308 e. The van der Waals surface area contributed by atoms with Gasteiger partial charge in [0, 0.05) is 6.04 Å². The molecule has 1 saturated carbocycles. The number of amides is 1. The van der Waals surface area contributed by atoms with Gasteiger partial charge in [0.15, 0.2) is 6.10 Å². The molecule has 2 rings (SSSR count). The summed E-state index contributed by atoms with van der Waals surface area (Å²) < 4.78 is 5.59. The molecule has 120 valence electrons. The minimum absolute atomic E-state index is 0.262. The van der Waals surface area contributed by atoms with Crippen LogP contribution in [0.4, 0.5) is 0 Å². The average Bonchev–Trinajstić information content (AvgIpc) is 2.73. The first-order valence-electron chi connectivity index (χ1n) is 7.83. The topological polar surface area (TPSA) is 75.6 Å². The fourth-order valence-electron chi connectivity index (χ4n) is 2.83. The van der Waals surface area contributed by atoms with Crippen LogP contribution in [0, 0.1) is 5.92 Å². The fraction of sp³-hybridized carbons (Fsp3) is 0.529. The van der Waals surface area contributed by atoms with E-state index in [2.05, 4.69) is 5.32 Å². The van der Waals surface area contributed by atoms with E-state index in [9.17, 15) is 14.7 Å². The van der Waals surface area contributed by atoms with E-state index in [1.54, 1.807) is 19.1 Å². The highest BCUT2D eigenvalue weighted by atomic mass is 16.5. The Morgan fingerprint density at radius 3 is 2.55 bits per heavy atom. The van der Waals surface area contributed by atoms with Crippen molar-refractivity contribution in [2.24, 2.45) is 5.92 Å². The van der Waals surface area contributed by atoms with Crippen molar-refractivity contribution < 1.29 is 19.4 Å². The Kier molecular flexibility index (Phi) is 5.81. The lowest BCUT2D eigenvalue weighted by Crippen LogP contribution is -2.47. The Morgan fingerprint density at radius 2 is 1.86 bits per heavy atom. The summed E-state index contributed by atoms with van der Waals surface area (Å²) in [5.41, 5.74) is 0. The van der Waals surface area contributed by atoms with Gasteiger partial charge in [-0.05, 0) is 31.9 Å². The van der Waals surface area contributed by atoms with Gasteiger partial charge in [-0.3, -0.25) is 9.59 Å². The van der Waals surface area contributed by atoms with Crippen LogP contribution in [0.15, 0.2) is 30.3 Å². The van der Waals surface area contributed by atoms with Crippen molar-refractivity contribution in [2.45, 2.75) is 51.2 Å². The van der Waals surface area contributed by atoms with Gasteiger partial charge in [-0.1, -0.05) is 37.5 Å². The summed E-state index contributed by atoms with van der Waals surface area (Å²) in [6.45, 7) is 1.68. The number of para-hydroxylation sites is 1. The molecule has 5 heteroatoms. The molecule has 1 aliphatic rings. The number of benzene rings is 1. The maximum absolute atomic E-state index is 12.3. The van der Waals surface area contributed by atoms with Crippen LogP contribution in [0.2, 0.25) is 0 Å². The first-order valence-corrected chi connectivity index (χ1v) is 7.83. The zero-order valence-corrected chi connectivity index (χ0v) is 12.8. The molecule has 1 aliphatic carbocycles. The molecular formula is C17H23NO4. The number of carbonyl (C=O) groups is 2. The summed E-state index contributed by atoms with van der Waals surface area (Å²) in [4.78, 5) is 23.6. The van der Waals surface area contributed by atoms with E-state index >= 15 is 0 Å². The quantitative estimate of drug-likeness (QED) is 0.820. The number of carboxylic acids is 1. The Hall–Kier alpha value is -2.04. The summed E-state index contributed by atoms with van der Waals surface area (Å²) in [6.07, 6.45) is 3.54. The molecule has 5 nitrogen and oxygen atoms in total. The second kappa shape index (κ2) is 7.82. The number of aliphatic carboxylic acids is 1. The molecule has 1 fully saturated rings. The monoisotopic (exact) mass is 305 g/mol. The molecule has 1 aromatic rings. The van der Waals surface area contributed by atoms with E-state index in [4.69, 9.17) is 4.74 Å². The number of carboxylic acid groups (broad SMARTS) is 1. The van der Waals surface area contributed by atoms with Gasteiger partial charge in [0.05, 0.1) is 5.92 Å². The highest BCUT2D eigenvalue weighted by Crippen LogP contribution is 2.24. The summed E-state index contributed by atoms with van der Waals surface area (Å²) in [6, 6.07) is 8.82. The fourth-order valence-corrected chi connectivity index (χ4v) is 2.83. The second-order valence-corrected chi connectivity index (χ2v) is 5.77. The number of carbonyl (C=O) groups excluding carboxylic acids is 1. The third-order valence-corrected chi connectivity index (χ3v) is 4.09. The molecule has 0 radical (unpaired) electrons. The molecule has 1 aromatic carbocycles. The smallest absolute Gasteiger partial charge is 0.308 e. The van der Waals surface area contributed by atoms with Gasteiger partial charge in [-0.25, -0.2) is 0 Å². The number of hydrogen-bond acceptors (Lipinski definition) is 3. The predicted molar refractivity (Wildman–Crippen MR) is 82.7 cm³/mol. The third kappa shape index (κ3) is 4.48. The molecule has 0 aliphatic heterocycles. The number of hydrogen-bond donors (Lipinski definition) is 2. The lowest BCUT2D eigenvalue weighted by Gasteiger charge is -2.24. The standard InChI is InChI=1S/C17H23NO4/c1-12(22-13-8-4-2-5-9-13)16(19)18-15-11-7-3-6-10-14(15)17(20)21/h2,4-5,8-9,12,14-15H,3,6-7,10-11H2,1H3,(H,18,19)(H,20,21)/t12?,14-,15+/m1/s1. The van der Waals surface area contributed by atoms with Crippen molar-refractivity contribution in [3.63, 3.8) is 0 Å². The maximum atomic E-state index is 12.3. The van der Waals surface area contributed by atoms with Crippen molar-refractivity contribution in [3.8, 4) is 5.75 Å². The molecular weight excluding hydrogens is 282 g/mol. The van der Waals surface area contributed by atoms with Crippen molar-refractivity contribution >= 4 is 11.9 Å². The van der Waals surface area contributed by atoms with E-state index in [0.717, 1.165) is 19.3 Å². The van der Waals surface area contributed by atoms with Gasteiger partial charge >= 0.3 is 5.97 Å². The van der Waals surface area contributed by atoms with Crippen molar-refractivity contribution in [2.75, 3.05) is 0 Å². The number of rotatable bonds is 5. The van der Waals surface area contributed by atoms with Crippen LogP contribution in [-0.4, -0.2) is 29.1 Å². The van der Waals surface area contributed by atoms with Crippen molar-refractivity contribution in [1.29, 1.82) is 0 Å². The Bertz CT molecular complexity index is 503. The van der Waals surface area contributed by atoms with E-state index in [-0.39, 0.29) is 11.9 Å². The molecule has 1 amide bonds. The zero-order valence-electron chi connectivity index (χ0n) is 12.8. The van der Waals surface area contributed by atoms with Gasteiger partial charge in [0.2, 0.25) is 0 Å².